The molecule has 0 aliphatic heterocycles. The summed E-state index contributed by atoms with van der Waals surface area (Å²) in [6.45, 7) is 1.84. The molecule has 0 aromatic carbocycles. The normalized spacial score (nSPS) is 11.2. The predicted octanol–water partition coefficient (Wildman–Crippen LogP) is 1.81. The Hall–Kier alpha value is -2.13. The van der Waals surface area contributed by atoms with Crippen LogP contribution in [-0.4, -0.2) is 27.4 Å². The first kappa shape index (κ1) is 16.2. The van der Waals surface area contributed by atoms with Crippen LogP contribution in [0.3, 0.4) is 0 Å². The smallest absolute Gasteiger partial charge is 0.349 e. The Kier molecular flexibility index (Phi) is 4.67. The zero-order valence-electron chi connectivity index (χ0n) is 11.8. The minimum atomic E-state index is -4.20. The van der Waals surface area contributed by atoms with Gasteiger partial charge in [-0.05, 0) is 23.6 Å². The van der Waals surface area contributed by atoms with Crippen LogP contribution in [-0.2, 0) is 21.2 Å². The van der Waals surface area contributed by atoms with Gasteiger partial charge in [0.05, 0.1) is 7.11 Å². The topological polar surface area (TPSA) is 103 Å². The molecular formula is C13H13NO6S2. The third-order valence-electron chi connectivity index (χ3n) is 2.75. The van der Waals surface area contributed by atoms with E-state index in [0.717, 1.165) is 18.4 Å². The van der Waals surface area contributed by atoms with E-state index in [4.69, 9.17) is 4.42 Å². The third-order valence-corrected chi connectivity index (χ3v) is 5.15. The molecule has 22 heavy (non-hydrogen) atoms. The van der Waals surface area contributed by atoms with Crippen LogP contribution in [0.2, 0.25) is 0 Å². The Balaban J connectivity index is 2.26. The molecule has 2 aromatic rings. The van der Waals surface area contributed by atoms with E-state index in [2.05, 4.69) is 4.74 Å². The Morgan fingerprint density at radius 3 is 2.64 bits per heavy atom. The Labute approximate surface area is 130 Å². The van der Waals surface area contributed by atoms with E-state index >= 15 is 0 Å². The molecule has 118 valence electrons. The molecular weight excluding hydrogens is 330 g/mol. The van der Waals surface area contributed by atoms with Crippen LogP contribution in [0.15, 0.2) is 32.9 Å². The molecule has 2 heterocycles. The van der Waals surface area contributed by atoms with Crippen LogP contribution < -0.4 is 4.72 Å². The molecule has 0 fully saturated rings. The maximum atomic E-state index is 12.2. The number of methoxy groups -OCH3 is 1. The molecule has 7 nitrogen and oxygen atoms in total. The quantitative estimate of drug-likeness (QED) is 0.831. The summed E-state index contributed by atoms with van der Waals surface area (Å²) in [5.41, 5.74) is 0. The molecule has 1 amide bonds. The van der Waals surface area contributed by atoms with Crippen LogP contribution in [0, 0.1) is 0 Å². The Morgan fingerprint density at radius 2 is 2.05 bits per heavy atom. The number of hydrogen-bond donors (Lipinski definition) is 1. The molecule has 0 unspecified atom stereocenters. The highest BCUT2D eigenvalue weighted by atomic mass is 32.2. The maximum absolute atomic E-state index is 12.2. The van der Waals surface area contributed by atoms with E-state index in [1.807, 2.05) is 11.6 Å². The largest absolute Gasteiger partial charge is 0.465 e. The molecule has 1 N–H and O–H groups in total. The highest BCUT2D eigenvalue weighted by Gasteiger charge is 2.27. The molecule has 9 heteroatoms. The number of ether oxygens (including phenoxy) is 1. The lowest BCUT2D eigenvalue weighted by atomic mass is 10.3. The lowest BCUT2D eigenvalue weighted by Gasteiger charge is -2.05. The van der Waals surface area contributed by atoms with Crippen molar-refractivity contribution in [2.75, 3.05) is 7.11 Å². The second kappa shape index (κ2) is 6.32. The highest BCUT2D eigenvalue weighted by molar-refractivity contribution is 7.90. The van der Waals surface area contributed by atoms with Crippen molar-refractivity contribution in [3.8, 4) is 0 Å². The number of furan rings is 1. The van der Waals surface area contributed by atoms with E-state index in [-0.39, 0.29) is 15.5 Å². The van der Waals surface area contributed by atoms with E-state index in [9.17, 15) is 18.0 Å². The molecule has 0 saturated carbocycles. The summed E-state index contributed by atoms with van der Waals surface area (Å²) in [7, 11) is -3.05. The van der Waals surface area contributed by atoms with Crippen LogP contribution in [0.25, 0.3) is 0 Å². The summed E-state index contributed by atoms with van der Waals surface area (Å²) in [6, 6.07) is 4.21. The molecule has 0 bridgehead atoms. The number of carbonyl (C=O) groups is 2. The molecule has 0 atom stereocenters. The van der Waals surface area contributed by atoms with Crippen LogP contribution in [0.4, 0.5) is 0 Å². The second-order valence-electron chi connectivity index (χ2n) is 4.16. The number of thiophene rings is 1. The first-order chi connectivity index (χ1) is 10.4. The van der Waals surface area contributed by atoms with Crippen LogP contribution in [0.5, 0.6) is 0 Å². The molecule has 2 aromatic heterocycles. The number of sulfonamides is 1. The number of nitrogens with one attached hydrogen (secondary N) is 1. The number of amides is 1. The zero-order valence-corrected chi connectivity index (χ0v) is 13.4. The van der Waals surface area contributed by atoms with Gasteiger partial charge < -0.3 is 9.15 Å². The van der Waals surface area contributed by atoms with Crippen molar-refractivity contribution in [1.29, 1.82) is 0 Å². The van der Waals surface area contributed by atoms with E-state index in [1.54, 1.807) is 6.07 Å². The average Bonchev–Trinajstić information content (AvgIpc) is 3.14. The van der Waals surface area contributed by atoms with Crippen molar-refractivity contribution in [2.45, 2.75) is 18.2 Å². The highest BCUT2D eigenvalue weighted by Crippen LogP contribution is 2.23. The average molecular weight is 343 g/mol. The van der Waals surface area contributed by atoms with Gasteiger partial charge in [-0.3, -0.25) is 4.79 Å². The van der Waals surface area contributed by atoms with Crippen molar-refractivity contribution in [1.82, 2.24) is 4.72 Å². The van der Waals surface area contributed by atoms with Crippen molar-refractivity contribution in [2.24, 2.45) is 0 Å². The summed E-state index contributed by atoms with van der Waals surface area (Å²) in [5, 5.41) is 1.42. The summed E-state index contributed by atoms with van der Waals surface area (Å²) in [4.78, 5) is 23.1. The number of hydrogen-bond acceptors (Lipinski definition) is 7. The van der Waals surface area contributed by atoms with Crippen molar-refractivity contribution < 1.29 is 27.2 Å². The van der Waals surface area contributed by atoms with Gasteiger partial charge in [-0.15, -0.1) is 11.3 Å². The standard InChI is InChI=1S/C13H13NO6S2/c1-3-8-4-5-9(20-8)12(15)14-22(17,18)10-6-7-21-11(10)13(16)19-2/h4-7H,3H2,1-2H3,(H,14,15). The molecule has 0 spiro atoms. The molecule has 2 rings (SSSR count). The number of carbonyl (C=O) groups excluding carboxylic acids is 2. The molecule has 0 radical (unpaired) electrons. The minimum absolute atomic E-state index is 0.100. The predicted molar refractivity (Wildman–Crippen MR) is 78.4 cm³/mol. The molecule has 0 saturated heterocycles. The molecule has 0 aliphatic rings. The first-order valence-electron chi connectivity index (χ1n) is 6.20. The maximum Gasteiger partial charge on any atom is 0.349 e. The first-order valence-corrected chi connectivity index (χ1v) is 8.57. The fourth-order valence-electron chi connectivity index (χ4n) is 1.67. The zero-order chi connectivity index (χ0) is 16.3. The van der Waals surface area contributed by atoms with Gasteiger partial charge in [-0.2, -0.15) is 0 Å². The fraction of sp³-hybridized carbons (Fsp3) is 0.231. The van der Waals surface area contributed by atoms with Crippen LogP contribution in [0.1, 0.15) is 32.9 Å². The summed E-state index contributed by atoms with van der Waals surface area (Å²) >= 11 is 0.911. The van der Waals surface area contributed by atoms with Gasteiger partial charge in [0.15, 0.2) is 5.76 Å². The van der Waals surface area contributed by atoms with Crippen molar-refractivity contribution in [3.63, 3.8) is 0 Å². The van der Waals surface area contributed by atoms with E-state index in [0.29, 0.717) is 12.2 Å². The van der Waals surface area contributed by atoms with Crippen molar-refractivity contribution >= 4 is 33.2 Å². The second-order valence-corrected chi connectivity index (χ2v) is 6.73. The molecule has 0 aliphatic carbocycles. The van der Waals surface area contributed by atoms with E-state index < -0.39 is 21.9 Å². The monoisotopic (exact) mass is 343 g/mol. The number of esters is 1. The van der Waals surface area contributed by atoms with Gasteiger partial charge in [0, 0.05) is 6.42 Å². The number of aryl methyl sites for hydroxylation is 1. The van der Waals surface area contributed by atoms with Crippen LogP contribution >= 0.6 is 11.3 Å². The van der Waals surface area contributed by atoms with Gasteiger partial charge in [0.1, 0.15) is 15.5 Å². The Morgan fingerprint density at radius 1 is 1.32 bits per heavy atom. The van der Waals surface area contributed by atoms with Gasteiger partial charge in [0.25, 0.3) is 10.0 Å². The summed E-state index contributed by atoms with van der Waals surface area (Å²) < 4.78 is 36.0. The lowest BCUT2D eigenvalue weighted by molar-refractivity contribution is 0.0602. The Bertz CT molecular complexity index is 802. The van der Waals surface area contributed by atoms with E-state index in [1.165, 1.54) is 17.5 Å². The third kappa shape index (κ3) is 3.20. The minimum Gasteiger partial charge on any atom is -0.465 e. The van der Waals surface area contributed by atoms with Gasteiger partial charge >= 0.3 is 11.9 Å². The number of rotatable bonds is 5. The SMILES string of the molecule is CCc1ccc(C(=O)NS(=O)(=O)c2ccsc2C(=O)OC)o1. The summed E-state index contributed by atoms with van der Waals surface area (Å²) in [5.74, 6) is -1.24. The van der Waals surface area contributed by atoms with Gasteiger partial charge in [-0.25, -0.2) is 17.9 Å². The van der Waals surface area contributed by atoms with Gasteiger partial charge in [-0.1, -0.05) is 6.92 Å². The van der Waals surface area contributed by atoms with Gasteiger partial charge in [0.2, 0.25) is 0 Å². The fourth-order valence-corrected chi connectivity index (χ4v) is 3.96. The lowest BCUT2D eigenvalue weighted by Crippen LogP contribution is -2.31. The van der Waals surface area contributed by atoms with Crippen molar-refractivity contribution in [3.05, 3.63) is 40.0 Å². The summed E-state index contributed by atoms with van der Waals surface area (Å²) in [6.07, 6.45) is 0.580.